The van der Waals surface area contributed by atoms with Crippen molar-refractivity contribution in [1.82, 2.24) is 4.98 Å². The number of hydrogen-bond acceptors (Lipinski definition) is 4. The highest BCUT2D eigenvalue weighted by Gasteiger charge is 2.28. The van der Waals surface area contributed by atoms with Crippen LogP contribution in [0.2, 0.25) is 0 Å². The zero-order valence-corrected chi connectivity index (χ0v) is 12.8. The topological polar surface area (TPSA) is 45.9 Å². The number of nitriles is 1. The van der Waals surface area contributed by atoms with Crippen LogP contribution in [0.25, 0.3) is 11.3 Å². The number of rotatable bonds is 5. The molecular weight excluding hydrogens is 268 g/mol. The van der Waals surface area contributed by atoms with Crippen LogP contribution in [0, 0.1) is 11.3 Å². The Morgan fingerprint density at radius 1 is 1.40 bits per heavy atom. The molecule has 0 N–H and O–H groups in total. The van der Waals surface area contributed by atoms with E-state index in [1.54, 1.807) is 17.4 Å². The van der Waals surface area contributed by atoms with E-state index in [9.17, 15) is 0 Å². The number of benzene rings is 1. The number of nitrogens with zero attached hydrogens (tertiary/aromatic N) is 2. The van der Waals surface area contributed by atoms with Gasteiger partial charge >= 0.3 is 0 Å². The van der Waals surface area contributed by atoms with Crippen molar-refractivity contribution in [3.05, 3.63) is 40.2 Å². The van der Waals surface area contributed by atoms with Crippen LogP contribution in [0.15, 0.2) is 29.6 Å². The smallest absolute Gasteiger partial charge is 0.125 e. The summed E-state index contributed by atoms with van der Waals surface area (Å²) < 4.78 is 5.85. The summed E-state index contributed by atoms with van der Waals surface area (Å²) in [5.41, 5.74) is 2.20. The van der Waals surface area contributed by atoms with Gasteiger partial charge in [-0.15, -0.1) is 11.3 Å². The number of aromatic nitrogens is 1. The standard InChI is InChI=1S/C16H18N2OS/c1-4-16(3,19-5-2)15-18-14(11-20-15)13-8-6-7-12(9-13)10-17/h6-9,11H,4-5H2,1-3H3. The highest BCUT2D eigenvalue weighted by Crippen LogP contribution is 2.34. The molecule has 0 bridgehead atoms. The molecule has 1 aromatic heterocycles. The molecule has 1 atom stereocenters. The summed E-state index contributed by atoms with van der Waals surface area (Å²) in [5, 5.41) is 12.0. The third kappa shape index (κ3) is 2.90. The molecule has 0 aliphatic heterocycles. The molecule has 3 nitrogen and oxygen atoms in total. The van der Waals surface area contributed by atoms with E-state index in [0.29, 0.717) is 12.2 Å². The Balaban J connectivity index is 2.35. The molecule has 1 heterocycles. The number of hydrogen-bond donors (Lipinski definition) is 0. The van der Waals surface area contributed by atoms with Gasteiger partial charge in [0.2, 0.25) is 0 Å². The summed E-state index contributed by atoms with van der Waals surface area (Å²) in [7, 11) is 0. The third-order valence-corrected chi connectivity index (χ3v) is 4.47. The largest absolute Gasteiger partial charge is 0.368 e. The second-order valence-electron chi connectivity index (χ2n) is 4.75. The van der Waals surface area contributed by atoms with Gasteiger partial charge in [-0.25, -0.2) is 4.98 Å². The maximum Gasteiger partial charge on any atom is 0.125 e. The van der Waals surface area contributed by atoms with E-state index in [1.165, 1.54) is 0 Å². The van der Waals surface area contributed by atoms with E-state index in [0.717, 1.165) is 22.7 Å². The van der Waals surface area contributed by atoms with Crippen LogP contribution in [-0.2, 0) is 10.3 Å². The lowest BCUT2D eigenvalue weighted by Gasteiger charge is -2.25. The minimum atomic E-state index is -0.329. The first-order chi connectivity index (χ1) is 9.62. The van der Waals surface area contributed by atoms with Crippen molar-refractivity contribution < 1.29 is 4.74 Å². The highest BCUT2D eigenvalue weighted by atomic mass is 32.1. The van der Waals surface area contributed by atoms with Crippen molar-refractivity contribution in [1.29, 1.82) is 5.26 Å². The zero-order valence-electron chi connectivity index (χ0n) is 12.0. The Kier molecular flexibility index (Phi) is 4.53. The predicted octanol–water partition coefficient (Wildman–Crippen LogP) is 4.34. The highest BCUT2D eigenvalue weighted by molar-refractivity contribution is 7.10. The van der Waals surface area contributed by atoms with Crippen molar-refractivity contribution in [2.24, 2.45) is 0 Å². The van der Waals surface area contributed by atoms with Crippen molar-refractivity contribution >= 4 is 11.3 Å². The van der Waals surface area contributed by atoms with Crippen LogP contribution in [-0.4, -0.2) is 11.6 Å². The van der Waals surface area contributed by atoms with Crippen LogP contribution >= 0.6 is 11.3 Å². The molecule has 0 aliphatic rings. The van der Waals surface area contributed by atoms with Gasteiger partial charge in [0.1, 0.15) is 10.6 Å². The maximum absolute atomic E-state index is 8.96. The molecule has 0 radical (unpaired) electrons. The summed E-state index contributed by atoms with van der Waals surface area (Å²) >= 11 is 1.61. The molecule has 0 saturated carbocycles. The van der Waals surface area contributed by atoms with E-state index < -0.39 is 0 Å². The van der Waals surface area contributed by atoms with Crippen molar-refractivity contribution in [2.75, 3.05) is 6.61 Å². The molecule has 2 rings (SSSR count). The van der Waals surface area contributed by atoms with Gasteiger partial charge in [0, 0.05) is 17.6 Å². The Hall–Kier alpha value is -1.70. The summed E-state index contributed by atoms with van der Waals surface area (Å²) in [6.45, 7) is 6.85. The predicted molar refractivity (Wildman–Crippen MR) is 81.5 cm³/mol. The molecule has 4 heteroatoms. The number of thiazole rings is 1. The summed E-state index contributed by atoms with van der Waals surface area (Å²) in [4.78, 5) is 4.70. The molecule has 2 aromatic rings. The minimum Gasteiger partial charge on any atom is -0.368 e. The first kappa shape index (κ1) is 14.7. The number of ether oxygens (including phenoxy) is 1. The lowest BCUT2D eigenvalue weighted by molar-refractivity contribution is -0.0324. The molecule has 0 spiro atoms. The molecule has 0 amide bonds. The van der Waals surface area contributed by atoms with Gasteiger partial charge in [0.25, 0.3) is 0 Å². The van der Waals surface area contributed by atoms with Crippen LogP contribution in [0.4, 0.5) is 0 Å². The van der Waals surface area contributed by atoms with E-state index in [1.807, 2.05) is 30.5 Å². The van der Waals surface area contributed by atoms with Gasteiger partial charge in [-0.05, 0) is 32.4 Å². The molecule has 0 aliphatic carbocycles. The normalized spacial score (nSPS) is 13.7. The van der Waals surface area contributed by atoms with Crippen LogP contribution in [0.5, 0.6) is 0 Å². The van der Waals surface area contributed by atoms with Crippen molar-refractivity contribution in [3.63, 3.8) is 0 Å². The van der Waals surface area contributed by atoms with Gasteiger partial charge in [-0.1, -0.05) is 19.1 Å². The quantitative estimate of drug-likeness (QED) is 0.821. The Morgan fingerprint density at radius 2 is 2.20 bits per heavy atom. The zero-order chi connectivity index (χ0) is 14.6. The summed E-state index contributed by atoms with van der Waals surface area (Å²) in [6, 6.07) is 9.68. The molecule has 20 heavy (non-hydrogen) atoms. The van der Waals surface area contributed by atoms with Gasteiger partial charge in [0.15, 0.2) is 0 Å². The summed E-state index contributed by atoms with van der Waals surface area (Å²) in [6.07, 6.45) is 0.881. The Labute approximate surface area is 123 Å². The first-order valence-corrected chi connectivity index (χ1v) is 7.61. The van der Waals surface area contributed by atoms with Gasteiger partial charge in [-0.2, -0.15) is 5.26 Å². The average molecular weight is 286 g/mol. The molecule has 104 valence electrons. The van der Waals surface area contributed by atoms with E-state index in [4.69, 9.17) is 15.0 Å². The van der Waals surface area contributed by atoms with E-state index >= 15 is 0 Å². The molecule has 1 aromatic carbocycles. The van der Waals surface area contributed by atoms with Crippen LogP contribution < -0.4 is 0 Å². The average Bonchev–Trinajstić information content (AvgIpc) is 2.98. The Morgan fingerprint density at radius 3 is 2.85 bits per heavy atom. The van der Waals surface area contributed by atoms with E-state index in [2.05, 4.69) is 19.9 Å². The van der Waals surface area contributed by atoms with E-state index in [-0.39, 0.29) is 5.60 Å². The SMILES string of the molecule is CCOC(C)(CC)c1nc(-c2cccc(C#N)c2)cs1. The minimum absolute atomic E-state index is 0.329. The first-order valence-electron chi connectivity index (χ1n) is 6.73. The fourth-order valence-corrected chi connectivity index (χ4v) is 3.05. The van der Waals surface area contributed by atoms with Gasteiger partial charge in [0.05, 0.1) is 17.3 Å². The van der Waals surface area contributed by atoms with Crippen molar-refractivity contribution in [2.45, 2.75) is 32.8 Å². The van der Waals surface area contributed by atoms with Gasteiger partial charge < -0.3 is 4.74 Å². The van der Waals surface area contributed by atoms with Gasteiger partial charge in [-0.3, -0.25) is 0 Å². The molecule has 1 unspecified atom stereocenters. The molecular formula is C16H18N2OS. The second kappa shape index (κ2) is 6.17. The van der Waals surface area contributed by atoms with Crippen molar-refractivity contribution in [3.8, 4) is 17.3 Å². The van der Waals surface area contributed by atoms with Crippen LogP contribution in [0.1, 0.15) is 37.8 Å². The fraction of sp³-hybridized carbons (Fsp3) is 0.375. The summed E-state index contributed by atoms with van der Waals surface area (Å²) in [5.74, 6) is 0. The monoisotopic (exact) mass is 286 g/mol. The third-order valence-electron chi connectivity index (χ3n) is 3.38. The second-order valence-corrected chi connectivity index (χ2v) is 5.61. The maximum atomic E-state index is 8.96. The lowest BCUT2D eigenvalue weighted by atomic mass is 10.0. The Bertz CT molecular complexity index is 629. The lowest BCUT2D eigenvalue weighted by Crippen LogP contribution is -2.24. The molecule has 0 fully saturated rings. The fourth-order valence-electron chi connectivity index (χ4n) is 2.03. The molecule has 0 saturated heterocycles. The van der Waals surface area contributed by atoms with Crippen LogP contribution in [0.3, 0.4) is 0 Å².